The van der Waals surface area contributed by atoms with E-state index < -0.39 is 30.3 Å². The lowest BCUT2D eigenvalue weighted by Gasteiger charge is -2.22. The number of halogens is 6. The van der Waals surface area contributed by atoms with Crippen molar-refractivity contribution in [2.75, 3.05) is 5.32 Å². The largest absolute Gasteiger partial charge is 0.409 e. The van der Waals surface area contributed by atoms with Crippen molar-refractivity contribution in [2.24, 2.45) is 5.92 Å². The Morgan fingerprint density at radius 2 is 1.48 bits per heavy atom. The molecule has 0 aliphatic rings. The summed E-state index contributed by atoms with van der Waals surface area (Å²) < 4.78 is 74.0. The molecule has 1 aromatic rings. The zero-order valence-electron chi connectivity index (χ0n) is 10.6. The van der Waals surface area contributed by atoms with E-state index in [0.29, 0.717) is 5.56 Å². The summed E-state index contributed by atoms with van der Waals surface area (Å²) >= 11 is 0. The van der Waals surface area contributed by atoms with E-state index >= 15 is 0 Å². The molecular weight excluding hydrogens is 304 g/mol. The van der Waals surface area contributed by atoms with Crippen molar-refractivity contribution in [3.8, 4) is 0 Å². The Morgan fingerprint density at radius 1 is 1.05 bits per heavy atom. The molecule has 21 heavy (non-hydrogen) atoms. The molecule has 1 rings (SSSR count). The van der Waals surface area contributed by atoms with E-state index in [4.69, 9.17) is 0 Å². The number of alkyl halides is 6. The fourth-order valence-corrected chi connectivity index (χ4v) is 1.54. The van der Waals surface area contributed by atoms with Gasteiger partial charge in [0.25, 0.3) is 0 Å². The van der Waals surface area contributed by atoms with Crippen LogP contribution in [0.2, 0.25) is 0 Å². The van der Waals surface area contributed by atoms with Gasteiger partial charge in [0.1, 0.15) is 0 Å². The molecule has 0 bridgehead atoms. The van der Waals surface area contributed by atoms with Crippen LogP contribution >= 0.6 is 0 Å². The molecule has 2 N–H and O–H groups in total. The molecule has 3 nitrogen and oxygen atoms in total. The van der Waals surface area contributed by atoms with Crippen molar-refractivity contribution in [1.82, 2.24) is 0 Å². The first-order chi connectivity index (χ1) is 9.43. The number of benzene rings is 1. The minimum atomic E-state index is -5.73. The van der Waals surface area contributed by atoms with Gasteiger partial charge < -0.3 is 10.4 Å². The maximum Gasteiger partial charge on any atom is 0.409 e. The molecule has 1 unspecified atom stereocenters. The highest BCUT2D eigenvalue weighted by atomic mass is 19.4. The maximum absolute atomic E-state index is 12.3. The van der Waals surface area contributed by atoms with E-state index in [1.54, 1.807) is 5.32 Å². The van der Waals surface area contributed by atoms with Crippen LogP contribution in [0.1, 0.15) is 18.6 Å². The molecule has 1 atom stereocenters. The Hall–Kier alpha value is -1.77. The zero-order valence-corrected chi connectivity index (χ0v) is 10.6. The highest BCUT2D eigenvalue weighted by Gasteiger charge is 2.61. The summed E-state index contributed by atoms with van der Waals surface area (Å²) in [5.74, 6) is -6.30. The van der Waals surface area contributed by atoms with Crippen LogP contribution in [-0.4, -0.2) is 23.4 Å². The number of hydrogen-bond acceptors (Lipinski definition) is 2. The van der Waals surface area contributed by atoms with Gasteiger partial charge in [-0.1, -0.05) is 12.1 Å². The molecular formula is C12H11F6NO2. The zero-order chi connectivity index (χ0) is 16.4. The molecule has 0 spiro atoms. The molecule has 0 aliphatic heterocycles. The highest BCUT2D eigenvalue weighted by Crippen LogP contribution is 2.39. The van der Waals surface area contributed by atoms with Crippen molar-refractivity contribution in [1.29, 1.82) is 0 Å². The van der Waals surface area contributed by atoms with Gasteiger partial charge in [-0.05, 0) is 24.6 Å². The Bertz CT molecular complexity index is 478. The third kappa shape index (κ3) is 4.62. The van der Waals surface area contributed by atoms with Crippen LogP contribution < -0.4 is 5.32 Å². The minimum Gasteiger partial charge on any atom is -0.389 e. The van der Waals surface area contributed by atoms with Crippen molar-refractivity contribution in [3.63, 3.8) is 0 Å². The van der Waals surface area contributed by atoms with Gasteiger partial charge in [0.15, 0.2) is 0 Å². The number of aliphatic hydroxyl groups excluding tert-OH is 1. The van der Waals surface area contributed by atoms with E-state index in [2.05, 4.69) is 0 Å². The first kappa shape index (κ1) is 17.3. The topological polar surface area (TPSA) is 49.3 Å². The second-order valence-electron chi connectivity index (χ2n) is 4.30. The lowest BCUT2D eigenvalue weighted by atomic mass is 10.1. The molecule has 0 saturated carbocycles. The van der Waals surface area contributed by atoms with Gasteiger partial charge >= 0.3 is 12.4 Å². The van der Waals surface area contributed by atoms with E-state index in [1.165, 1.54) is 19.1 Å². The molecule has 9 heteroatoms. The number of nitrogens with one attached hydrogen (secondary N) is 1. The van der Waals surface area contributed by atoms with Crippen LogP contribution in [-0.2, 0) is 4.79 Å². The van der Waals surface area contributed by atoms with Crippen LogP contribution in [0.25, 0.3) is 0 Å². The van der Waals surface area contributed by atoms with Gasteiger partial charge in [-0.3, -0.25) is 4.79 Å². The normalized spacial score (nSPS) is 14.1. The molecule has 0 aliphatic carbocycles. The summed E-state index contributed by atoms with van der Waals surface area (Å²) in [5.41, 5.74) is 0.166. The number of anilines is 1. The summed E-state index contributed by atoms with van der Waals surface area (Å²) in [6, 6.07) is 4.75. The molecule has 118 valence electrons. The SMILES string of the molecule is CC(O)c1ccc(NC(=O)C(C(F)(F)F)C(F)(F)F)cc1. The average Bonchev–Trinajstić information content (AvgIpc) is 2.25. The van der Waals surface area contributed by atoms with Gasteiger partial charge in [0, 0.05) is 5.69 Å². The van der Waals surface area contributed by atoms with Gasteiger partial charge in [-0.25, -0.2) is 0 Å². The van der Waals surface area contributed by atoms with E-state index in [9.17, 15) is 36.2 Å². The van der Waals surface area contributed by atoms with Crippen LogP contribution in [0.4, 0.5) is 32.0 Å². The number of aliphatic hydroxyl groups is 1. The van der Waals surface area contributed by atoms with E-state index in [1.807, 2.05) is 0 Å². The van der Waals surface area contributed by atoms with E-state index in [-0.39, 0.29) is 5.69 Å². The molecule has 1 amide bonds. The lowest BCUT2D eigenvalue weighted by Crippen LogP contribution is -2.45. The molecule has 0 fully saturated rings. The third-order valence-corrected chi connectivity index (χ3v) is 2.58. The predicted octanol–water partition coefficient (Wildman–Crippen LogP) is 3.42. The monoisotopic (exact) mass is 315 g/mol. The molecule has 0 radical (unpaired) electrons. The fraction of sp³-hybridized carbons (Fsp3) is 0.417. The Morgan fingerprint density at radius 3 is 1.81 bits per heavy atom. The second-order valence-corrected chi connectivity index (χ2v) is 4.30. The van der Waals surface area contributed by atoms with Gasteiger partial charge in [-0.15, -0.1) is 0 Å². The Balaban J connectivity index is 2.92. The number of carbonyl (C=O) groups is 1. The average molecular weight is 315 g/mol. The maximum atomic E-state index is 12.3. The standard InChI is InChI=1S/C12H11F6NO2/c1-6(20)7-2-4-8(5-3-7)19-10(21)9(11(13,14)15)12(16,17)18/h2-6,9,20H,1H3,(H,19,21). The van der Waals surface area contributed by atoms with Gasteiger partial charge in [0.2, 0.25) is 11.8 Å². The Labute approximate surface area is 115 Å². The Kier molecular flexibility index (Phi) is 4.87. The minimum absolute atomic E-state index is 0.233. The molecule has 0 saturated heterocycles. The first-order valence-electron chi connectivity index (χ1n) is 5.65. The third-order valence-electron chi connectivity index (χ3n) is 2.58. The second kappa shape index (κ2) is 5.92. The van der Waals surface area contributed by atoms with Crippen LogP contribution in [0.3, 0.4) is 0 Å². The van der Waals surface area contributed by atoms with Gasteiger partial charge in [0.05, 0.1) is 6.10 Å². The highest BCUT2D eigenvalue weighted by molar-refractivity contribution is 5.93. The smallest absolute Gasteiger partial charge is 0.389 e. The van der Waals surface area contributed by atoms with Crippen LogP contribution in [0.15, 0.2) is 24.3 Å². The quantitative estimate of drug-likeness (QED) is 0.840. The van der Waals surface area contributed by atoms with Crippen molar-refractivity contribution >= 4 is 11.6 Å². The molecule has 0 heterocycles. The number of hydrogen-bond donors (Lipinski definition) is 2. The van der Waals surface area contributed by atoms with Crippen molar-refractivity contribution in [2.45, 2.75) is 25.4 Å². The van der Waals surface area contributed by atoms with Crippen LogP contribution in [0.5, 0.6) is 0 Å². The lowest BCUT2D eigenvalue weighted by molar-refractivity contribution is -0.272. The predicted molar refractivity (Wildman–Crippen MR) is 61.3 cm³/mol. The van der Waals surface area contributed by atoms with Crippen LogP contribution in [0, 0.1) is 5.92 Å². The van der Waals surface area contributed by atoms with Gasteiger partial charge in [-0.2, -0.15) is 26.3 Å². The molecule has 0 aromatic heterocycles. The summed E-state index contributed by atoms with van der Waals surface area (Å²) in [7, 11) is 0. The molecule has 1 aromatic carbocycles. The van der Waals surface area contributed by atoms with Crippen molar-refractivity contribution < 1.29 is 36.2 Å². The number of amides is 1. The summed E-state index contributed by atoms with van der Waals surface area (Å²) in [4.78, 5) is 11.2. The summed E-state index contributed by atoms with van der Waals surface area (Å²) in [6.07, 6.45) is -12.3. The summed E-state index contributed by atoms with van der Waals surface area (Å²) in [5, 5.41) is 10.8. The summed E-state index contributed by atoms with van der Waals surface area (Å²) in [6.45, 7) is 1.43. The van der Waals surface area contributed by atoms with Crippen molar-refractivity contribution in [3.05, 3.63) is 29.8 Å². The first-order valence-corrected chi connectivity index (χ1v) is 5.65. The fourth-order valence-electron chi connectivity index (χ4n) is 1.54. The van der Waals surface area contributed by atoms with E-state index in [0.717, 1.165) is 12.1 Å². The number of rotatable bonds is 3. The number of carbonyl (C=O) groups excluding carboxylic acids is 1.